The molecule has 0 unspecified atom stereocenters. The van der Waals surface area contributed by atoms with E-state index in [2.05, 4.69) is 30.8 Å². The van der Waals surface area contributed by atoms with Crippen LogP contribution in [0.1, 0.15) is 106 Å². The maximum absolute atomic E-state index is 12.6. The molecule has 0 aromatic heterocycles. The highest BCUT2D eigenvalue weighted by molar-refractivity contribution is 5.81. The summed E-state index contributed by atoms with van der Waals surface area (Å²) in [5.74, 6) is -2.53. The van der Waals surface area contributed by atoms with Crippen molar-refractivity contribution in [3.05, 3.63) is 0 Å². The van der Waals surface area contributed by atoms with Gasteiger partial charge in [0, 0.05) is 44.4 Å². The Balaban J connectivity index is 1.41. The predicted octanol–water partition coefficient (Wildman–Crippen LogP) is 4.78. The lowest BCUT2D eigenvalue weighted by atomic mass is 9.42. The van der Waals surface area contributed by atoms with E-state index in [1.54, 1.807) is 13.8 Å². The Bertz CT molecular complexity index is 1180. The predicted molar refractivity (Wildman–Crippen MR) is 162 cm³/mol. The van der Waals surface area contributed by atoms with Crippen molar-refractivity contribution in [1.29, 1.82) is 0 Å². The van der Waals surface area contributed by atoms with Crippen LogP contribution >= 0.6 is 0 Å². The van der Waals surface area contributed by atoms with E-state index in [-0.39, 0.29) is 89.4 Å². The van der Waals surface area contributed by atoms with Crippen LogP contribution in [0.2, 0.25) is 0 Å². The minimum absolute atomic E-state index is 0.0854. The molecule has 260 valence electrons. The molecule has 5 rings (SSSR count). The lowest BCUT2D eigenvalue weighted by Gasteiger charge is -2.65. The van der Waals surface area contributed by atoms with Crippen LogP contribution in [0.5, 0.6) is 0 Å². The molecule has 1 aliphatic heterocycles. The van der Waals surface area contributed by atoms with E-state index in [1.165, 1.54) is 21.0 Å². The first kappa shape index (κ1) is 35.0. The molecule has 1 amide bonds. The van der Waals surface area contributed by atoms with Gasteiger partial charge in [-0.3, -0.25) is 19.2 Å². The maximum atomic E-state index is 12.6. The quantitative estimate of drug-likeness (QED) is 0.220. The van der Waals surface area contributed by atoms with Crippen molar-refractivity contribution in [1.82, 2.24) is 5.32 Å². The van der Waals surface area contributed by atoms with Crippen molar-refractivity contribution in [2.45, 2.75) is 130 Å². The standard InChI is InChI=1S/C34H53NO11/c1-19(9-12-28(38)35-18-29(39)40-8)23-10-11-24-30-25(16-27(33(23,24)7)42-21(3)37)32(6)13-14-34(45-43-31(4,5)44-46-34)17-22(32)15-26(30)41-20(2)36/h19,22-27,30H,9-18H2,1-8H3,(H,35,38)/t19-,22-,23-,24+,25+,26-,27+,30+,32+,33-/m1/s1. The number of amides is 1. The Labute approximate surface area is 272 Å². The fourth-order valence-corrected chi connectivity index (χ4v) is 10.2. The normalized spacial score (nSPS) is 39.6. The van der Waals surface area contributed by atoms with Crippen LogP contribution < -0.4 is 5.32 Å². The van der Waals surface area contributed by atoms with E-state index >= 15 is 0 Å². The van der Waals surface area contributed by atoms with Crippen molar-refractivity contribution in [2.24, 2.45) is 46.3 Å². The first-order valence-electron chi connectivity index (χ1n) is 16.9. The van der Waals surface area contributed by atoms with Gasteiger partial charge in [0.2, 0.25) is 17.5 Å². The number of hydrogen-bond acceptors (Lipinski definition) is 11. The number of fused-ring (bicyclic) bond motifs is 5. The van der Waals surface area contributed by atoms with Gasteiger partial charge in [0.25, 0.3) is 0 Å². The molecule has 5 fully saturated rings. The summed E-state index contributed by atoms with van der Waals surface area (Å²) in [7, 11) is 1.29. The van der Waals surface area contributed by atoms with Gasteiger partial charge in [0.15, 0.2) is 0 Å². The average Bonchev–Trinajstić information content (AvgIpc) is 3.35. The number of hydrogen-bond donors (Lipinski definition) is 1. The zero-order valence-electron chi connectivity index (χ0n) is 28.7. The van der Waals surface area contributed by atoms with Gasteiger partial charge in [-0.25, -0.2) is 0 Å². The third kappa shape index (κ3) is 6.56. The fraction of sp³-hybridized carbons (Fsp3) is 0.882. The Morgan fingerprint density at radius 1 is 0.891 bits per heavy atom. The van der Waals surface area contributed by atoms with E-state index in [0.717, 1.165) is 19.3 Å². The lowest BCUT2D eigenvalue weighted by Crippen LogP contribution is -2.65. The summed E-state index contributed by atoms with van der Waals surface area (Å²) in [6.45, 7) is 13.0. The van der Waals surface area contributed by atoms with Crippen LogP contribution in [0.25, 0.3) is 0 Å². The summed E-state index contributed by atoms with van der Waals surface area (Å²) >= 11 is 0. The third-order valence-electron chi connectivity index (χ3n) is 12.4. The second-order valence-electron chi connectivity index (χ2n) is 15.5. The number of methoxy groups -OCH3 is 1. The summed E-state index contributed by atoms with van der Waals surface area (Å²) in [6.07, 6.45) is 5.36. The molecule has 1 saturated heterocycles. The van der Waals surface area contributed by atoms with Gasteiger partial charge in [0.05, 0.1) is 7.11 Å². The van der Waals surface area contributed by atoms with Crippen LogP contribution in [0, 0.1) is 46.3 Å². The van der Waals surface area contributed by atoms with Gasteiger partial charge in [-0.1, -0.05) is 20.8 Å². The minimum Gasteiger partial charge on any atom is -0.468 e. The summed E-state index contributed by atoms with van der Waals surface area (Å²) in [5.41, 5.74) is -0.511. The number of ether oxygens (including phenoxy) is 3. The smallest absolute Gasteiger partial charge is 0.325 e. The number of nitrogens with one attached hydrogen (secondary N) is 1. The molecule has 0 radical (unpaired) electrons. The molecule has 1 heterocycles. The Morgan fingerprint density at radius 2 is 1.57 bits per heavy atom. The van der Waals surface area contributed by atoms with Crippen LogP contribution in [0.3, 0.4) is 0 Å². The van der Waals surface area contributed by atoms with Crippen LogP contribution in [-0.4, -0.2) is 61.3 Å². The molecule has 0 aromatic carbocycles. The molecule has 4 aliphatic carbocycles. The van der Waals surface area contributed by atoms with Gasteiger partial charge in [-0.05, 0) is 87.4 Å². The fourth-order valence-electron chi connectivity index (χ4n) is 10.2. The van der Waals surface area contributed by atoms with Gasteiger partial charge in [0.1, 0.15) is 18.8 Å². The molecule has 46 heavy (non-hydrogen) atoms. The monoisotopic (exact) mass is 651 g/mol. The number of rotatable bonds is 8. The number of esters is 3. The molecule has 12 nitrogen and oxygen atoms in total. The second kappa shape index (κ2) is 13.0. The molecule has 1 spiro atoms. The summed E-state index contributed by atoms with van der Waals surface area (Å²) in [6, 6.07) is 0. The molecule has 5 aliphatic rings. The highest BCUT2D eigenvalue weighted by Gasteiger charge is 2.69. The van der Waals surface area contributed by atoms with Crippen molar-refractivity contribution < 1.29 is 52.9 Å². The second-order valence-corrected chi connectivity index (χ2v) is 15.5. The summed E-state index contributed by atoms with van der Waals surface area (Å²) in [5, 5.41) is 2.63. The molecular formula is C34H53NO11. The molecule has 0 aromatic rings. The van der Waals surface area contributed by atoms with Crippen molar-refractivity contribution >= 4 is 23.8 Å². The summed E-state index contributed by atoms with van der Waals surface area (Å²) in [4.78, 5) is 72.1. The SMILES string of the molecule is COC(=O)CNC(=O)CC[C@@H](C)[C@H]1CC[C@H]2[C@@H]3[C@H](OC(C)=O)C[C@@H]4CC5(CC[C@]4(C)[C@H]3C[C@H](OC(C)=O)[C@]12C)OOC(C)(C)OO5. The average molecular weight is 652 g/mol. The van der Waals surface area contributed by atoms with Gasteiger partial charge >= 0.3 is 17.9 Å². The Morgan fingerprint density at radius 3 is 2.20 bits per heavy atom. The van der Waals surface area contributed by atoms with Gasteiger partial charge in [-0.2, -0.15) is 19.6 Å². The van der Waals surface area contributed by atoms with E-state index in [1.807, 2.05) is 0 Å². The van der Waals surface area contributed by atoms with Crippen molar-refractivity contribution in [2.75, 3.05) is 13.7 Å². The molecule has 0 bridgehead atoms. The number of carbonyl (C=O) groups is 4. The summed E-state index contributed by atoms with van der Waals surface area (Å²) < 4.78 is 17.1. The van der Waals surface area contributed by atoms with Gasteiger partial charge < -0.3 is 19.5 Å². The van der Waals surface area contributed by atoms with E-state index in [9.17, 15) is 19.2 Å². The van der Waals surface area contributed by atoms with E-state index < -0.39 is 17.5 Å². The molecule has 12 heteroatoms. The largest absolute Gasteiger partial charge is 0.468 e. The number of carbonyl (C=O) groups excluding carboxylic acids is 4. The third-order valence-corrected chi connectivity index (χ3v) is 12.4. The minimum atomic E-state index is -1.04. The first-order valence-corrected chi connectivity index (χ1v) is 16.9. The van der Waals surface area contributed by atoms with Gasteiger partial charge in [-0.15, -0.1) is 0 Å². The molecular weight excluding hydrogens is 598 g/mol. The van der Waals surface area contributed by atoms with Crippen LogP contribution in [-0.2, 0) is 52.9 Å². The van der Waals surface area contributed by atoms with Crippen molar-refractivity contribution in [3.8, 4) is 0 Å². The zero-order valence-corrected chi connectivity index (χ0v) is 28.7. The molecule has 10 atom stereocenters. The first-order chi connectivity index (χ1) is 21.5. The zero-order chi connectivity index (χ0) is 33.7. The molecule has 1 N–H and O–H groups in total. The highest BCUT2D eigenvalue weighted by atomic mass is 17.4. The van der Waals surface area contributed by atoms with E-state index in [0.29, 0.717) is 32.1 Å². The van der Waals surface area contributed by atoms with Crippen LogP contribution in [0.15, 0.2) is 0 Å². The molecule has 4 saturated carbocycles. The van der Waals surface area contributed by atoms with Crippen LogP contribution in [0.4, 0.5) is 0 Å². The topological polar surface area (TPSA) is 145 Å². The van der Waals surface area contributed by atoms with E-state index in [4.69, 9.17) is 29.0 Å². The Hall–Kier alpha value is -2.28. The maximum Gasteiger partial charge on any atom is 0.325 e. The Kier molecular flexibility index (Phi) is 9.88. The lowest BCUT2D eigenvalue weighted by molar-refractivity contribution is -0.656. The van der Waals surface area contributed by atoms with Crippen molar-refractivity contribution in [3.63, 3.8) is 0 Å². The highest BCUT2D eigenvalue weighted by Crippen LogP contribution is 2.70.